The summed E-state index contributed by atoms with van der Waals surface area (Å²) in [4.78, 5) is 13.1. The lowest BCUT2D eigenvalue weighted by molar-refractivity contribution is -0.148. The Balaban J connectivity index is 1.95. The zero-order chi connectivity index (χ0) is 10.1. The van der Waals surface area contributed by atoms with Crippen LogP contribution in [0.1, 0.15) is 26.2 Å². The molecular weight excluding hydrogens is 182 g/mol. The Labute approximate surface area is 83.8 Å². The van der Waals surface area contributed by atoms with Gasteiger partial charge in [0, 0.05) is 26.1 Å². The van der Waals surface area contributed by atoms with Gasteiger partial charge in [0.05, 0.1) is 6.10 Å². The molecule has 0 aromatic rings. The lowest BCUT2D eigenvalue weighted by Crippen LogP contribution is -2.45. The average molecular weight is 199 g/mol. The number of hydrogen-bond acceptors (Lipinski definition) is 4. The second-order valence-corrected chi connectivity index (χ2v) is 4.23. The number of carbonyl (C=O) groups excluding carboxylic acids is 1. The second kappa shape index (κ2) is 3.87. The number of rotatable bonds is 1. The minimum absolute atomic E-state index is 0.0556. The van der Waals surface area contributed by atoms with E-state index >= 15 is 0 Å². The van der Waals surface area contributed by atoms with E-state index in [1.807, 2.05) is 0 Å². The summed E-state index contributed by atoms with van der Waals surface area (Å²) in [5, 5.41) is 9.47. The smallest absolute Gasteiger partial charge is 0.302 e. The highest BCUT2D eigenvalue weighted by Gasteiger charge is 2.39. The van der Waals surface area contributed by atoms with E-state index in [4.69, 9.17) is 4.74 Å². The Bertz CT molecular complexity index is 231. The maximum atomic E-state index is 10.8. The molecule has 14 heavy (non-hydrogen) atoms. The van der Waals surface area contributed by atoms with Crippen LogP contribution in [0.25, 0.3) is 0 Å². The van der Waals surface area contributed by atoms with Crippen molar-refractivity contribution in [3.8, 4) is 0 Å². The van der Waals surface area contributed by atoms with E-state index in [0.29, 0.717) is 6.04 Å². The number of aliphatic hydroxyl groups excluding tert-OH is 1. The third-order valence-electron chi connectivity index (χ3n) is 3.16. The summed E-state index contributed by atoms with van der Waals surface area (Å²) in [7, 11) is 0. The Morgan fingerprint density at radius 3 is 2.93 bits per heavy atom. The van der Waals surface area contributed by atoms with Crippen LogP contribution in [0.4, 0.5) is 0 Å². The SMILES string of the molecule is CC(=O)O[C@@H]1CCN2C[C@H](O)CC[C@H]12. The van der Waals surface area contributed by atoms with Crippen LogP contribution >= 0.6 is 0 Å². The molecule has 2 fully saturated rings. The van der Waals surface area contributed by atoms with Gasteiger partial charge in [-0.05, 0) is 19.3 Å². The van der Waals surface area contributed by atoms with Crippen molar-refractivity contribution >= 4 is 5.97 Å². The van der Waals surface area contributed by atoms with Crippen molar-refractivity contribution in [2.75, 3.05) is 13.1 Å². The first-order valence-corrected chi connectivity index (χ1v) is 5.26. The molecule has 0 aliphatic carbocycles. The Morgan fingerprint density at radius 1 is 1.43 bits per heavy atom. The van der Waals surface area contributed by atoms with E-state index < -0.39 is 0 Å². The minimum atomic E-state index is -0.192. The molecule has 4 heteroatoms. The fourth-order valence-electron chi connectivity index (χ4n) is 2.56. The third-order valence-corrected chi connectivity index (χ3v) is 3.16. The summed E-state index contributed by atoms with van der Waals surface area (Å²) < 4.78 is 5.25. The van der Waals surface area contributed by atoms with Crippen molar-refractivity contribution in [2.24, 2.45) is 0 Å². The van der Waals surface area contributed by atoms with Crippen molar-refractivity contribution < 1.29 is 14.6 Å². The minimum Gasteiger partial charge on any atom is -0.461 e. The largest absolute Gasteiger partial charge is 0.461 e. The highest BCUT2D eigenvalue weighted by Crippen LogP contribution is 2.29. The van der Waals surface area contributed by atoms with Crippen molar-refractivity contribution in [3.63, 3.8) is 0 Å². The normalized spacial score (nSPS) is 38.0. The zero-order valence-electron chi connectivity index (χ0n) is 8.48. The maximum absolute atomic E-state index is 10.8. The average Bonchev–Trinajstić information content (AvgIpc) is 2.47. The van der Waals surface area contributed by atoms with E-state index in [1.165, 1.54) is 6.92 Å². The summed E-state index contributed by atoms with van der Waals surface area (Å²) in [5.41, 5.74) is 0. The van der Waals surface area contributed by atoms with Gasteiger partial charge in [0.2, 0.25) is 0 Å². The molecule has 2 aliphatic heterocycles. The fourth-order valence-corrected chi connectivity index (χ4v) is 2.56. The van der Waals surface area contributed by atoms with Crippen LogP contribution in [0.3, 0.4) is 0 Å². The molecule has 0 aromatic carbocycles. The first-order valence-electron chi connectivity index (χ1n) is 5.26. The molecule has 0 spiro atoms. The molecule has 4 nitrogen and oxygen atoms in total. The first-order chi connectivity index (χ1) is 6.66. The molecule has 2 saturated heterocycles. The maximum Gasteiger partial charge on any atom is 0.302 e. The van der Waals surface area contributed by atoms with Crippen LogP contribution in [-0.2, 0) is 9.53 Å². The van der Waals surface area contributed by atoms with Crippen molar-refractivity contribution in [2.45, 2.75) is 44.4 Å². The molecule has 0 aromatic heterocycles. The molecule has 0 amide bonds. The summed E-state index contributed by atoms with van der Waals surface area (Å²) in [6, 6.07) is 0.349. The molecule has 1 N–H and O–H groups in total. The van der Waals surface area contributed by atoms with Crippen molar-refractivity contribution in [3.05, 3.63) is 0 Å². The van der Waals surface area contributed by atoms with Gasteiger partial charge in [-0.2, -0.15) is 0 Å². The number of ether oxygens (including phenoxy) is 1. The van der Waals surface area contributed by atoms with Crippen LogP contribution in [-0.4, -0.2) is 47.3 Å². The Morgan fingerprint density at radius 2 is 2.21 bits per heavy atom. The first kappa shape index (κ1) is 9.93. The van der Waals surface area contributed by atoms with Crippen LogP contribution in [0.2, 0.25) is 0 Å². The molecule has 3 atom stereocenters. The highest BCUT2D eigenvalue weighted by atomic mass is 16.5. The fraction of sp³-hybridized carbons (Fsp3) is 0.900. The van der Waals surface area contributed by atoms with E-state index in [1.54, 1.807) is 0 Å². The van der Waals surface area contributed by atoms with Gasteiger partial charge in [0.15, 0.2) is 0 Å². The summed E-state index contributed by atoms with van der Waals surface area (Å²) in [6.45, 7) is 3.14. The topological polar surface area (TPSA) is 49.8 Å². The Hall–Kier alpha value is -0.610. The zero-order valence-corrected chi connectivity index (χ0v) is 8.48. The van der Waals surface area contributed by atoms with Crippen molar-refractivity contribution in [1.82, 2.24) is 4.90 Å². The molecule has 2 rings (SSSR count). The van der Waals surface area contributed by atoms with Gasteiger partial charge in [0.1, 0.15) is 6.10 Å². The Kier molecular flexibility index (Phi) is 2.74. The molecule has 80 valence electrons. The molecular formula is C10H17NO3. The number of esters is 1. The third kappa shape index (κ3) is 1.91. The lowest BCUT2D eigenvalue weighted by atomic mass is 9.99. The van der Waals surface area contributed by atoms with Gasteiger partial charge in [-0.1, -0.05) is 0 Å². The molecule has 0 bridgehead atoms. The summed E-state index contributed by atoms with van der Waals surface area (Å²) in [5.74, 6) is -0.192. The highest BCUT2D eigenvalue weighted by molar-refractivity contribution is 5.66. The van der Waals surface area contributed by atoms with E-state index in [9.17, 15) is 9.90 Å². The second-order valence-electron chi connectivity index (χ2n) is 4.23. The van der Waals surface area contributed by atoms with Crippen molar-refractivity contribution in [1.29, 1.82) is 0 Å². The number of fused-ring (bicyclic) bond motifs is 1. The van der Waals surface area contributed by atoms with Gasteiger partial charge in [-0.15, -0.1) is 0 Å². The molecule has 2 aliphatic rings. The molecule has 0 unspecified atom stereocenters. The number of carbonyl (C=O) groups is 1. The summed E-state index contributed by atoms with van der Waals surface area (Å²) >= 11 is 0. The number of piperidine rings is 1. The number of hydrogen-bond donors (Lipinski definition) is 1. The van der Waals surface area contributed by atoms with E-state index in [0.717, 1.165) is 32.4 Å². The van der Waals surface area contributed by atoms with Crippen LogP contribution < -0.4 is 0 Å². The predicted molar refractivity (Wildman–Crippen MR) is 50.8 cm³/mol. The number of aliphatic hydroxyl groups is 1. The number of nitrogens with zero attached hydrogens (tertiary/aromatic N) is 1. The van der Waals surface area contributed by atoms with Gasteiger partial charge >= 0.3 is 5.97 Å². The van der Waals surface area contributed by atoms with Gasteiger partial charge < -0.3 is 9.84 Å². The summed E-state index contributed by atoms with van der Waals surface area (Å²) in [6.07, 6.45) is 2.55. The monoisotopic (exact) mass is 199 g/mol. The lowest BCUT2D eigenvalue weighted by Gasteiger charge is -2.34. The van der Waals surface area contributed by atoms with E-state index in [2.05, 4.69) is 4.90 Å². The van der Waals surface area contributed by atoms with Crippen LogP contribution in [0.5, 0.6) is 0 Å². The quantitative estimate of drug-likeness (QED) is 0.611. The standard InChI is InChI=1S/C10H17NO3/c1-7(12)14-10-4-5-11-6-8(13)2-3-9(10)11/h8-10,13H,2-6H2,1H3/t8-,9-,10-/m1/s1. The van der Waals surface area contributed by atoms with Crippen LogP contribution in [0, 0.1) is 0 Å². The molecule has 0 radical (unpaired) electrons. The molecule has 0 saturated carbocycles. The predicted octanol–water partition coefficient (Wildman–Crippen LogP) is 0.147. The van der Waals surface area contributed by atoms with Gasteiger partial charge in [0.25, 0.3) is 0 Å². The molecule has 2 heterocycles. The van der Waals surface area contributed by atoms with Gasteiger partial charge in [-0.3, -0.25) is 9.69 Å². The van der Waals surface area contributed by atoms with Gasteiger partial charge in [-0.25, -0.2) is 0 Å². The van der Waals surface area contributed by atoms with E-state index in [-0.39, 0.29) is 18.2 Å². The van der Waals surface area contributed by atoms with Crippen LogP contribution in [0.15, 0.2) is 0 Å².